The van der Waals surface area contributed by atoms with E-state index in [-0.39, 0.29) is 23.6 Å². The number of hydrogen-bond donors (Lipinski definition) is 1. The molecular weight excluding hydrogens is 518 g/mol. The Morgan fingerprint density at radius 3 is 2.59 bits per heavy atom. The number of rotatable bonds is 6. The molecule has 2 N–H and O–H groups in total. The molecule has 1 aliphatic rings. The van der Waals surface area contributed by atoms with Gasteiger partial charge in [-0.25, -0.2) is 19.9 Å². The zero-order valence-electron chi connectivity index (χ0n) is 22.7. The maximum atomic E-state index is 14.5. The molecule has 4 heterocycles. The van der Waals surface area contributed by atoms with E-state index < -0.39 is 0 Å². The maximum absolute atomic E-state index is 14.5. The van der Waals surface area contributed by atoms with Gasteiger partial charge in [-0.05, 0) is 50.5 Å². The van der Waals surface area contributed by atoms with Crippen LogP contribution in [0, 0.1) is 18.3 Å². The van der Waals surface area contributed by atoms with Crippen LogP contribution in [0.4, 0.5) is 11.8 Å². The Balaban J connectivity index is 1.58. The third-order valence-electron chi connectivity index (χ3n) is 7.17. The molecule has 11 nitrogen and oxygen atoms in total. The number of nitriles is 1. The Kier molecular flexibility index (Phi) is 6.73. The highest BCUT2D eigenvalue weighted by atomic mass is 16.5. The third kappa shape index (κ3) is 4.59. The van der Waals surface area contributed by atoms with Crippen LogP contribution < -0.4 is 20.9 Å². The van der Waals surface area contributed by atoms with E-state index in [4.69, 9.17) is 15.5 Å². The average molecular weight is 546 g/mol. The van der Waals surface area contributed by atoms with Crippen LogP contribution in [0.15, 0.2) is 65.7 Å². The second-order valence-corrected chi connectivity index (χ2v) is 9.66. The monoisotopic (exact) mass is 545 g/mol. The smallest absolute Gasteiger partial charge is 0.316 e. The molecular formula is C30H27N9O2. The zero-order chi connectivity index (χ0) is 28.5. The molecule has 3 aromatic heterocycles. The molecule has 204 valence electrons. The van der Waals surface area contributed by atoms with E-state index in [1.165, 1.54) is 0 Å². The van der Waals surface area contributed by atoms with Crippen molar-refractivity contribution < 1.29 is 4.74 Å². The lowest BCUT2D eigenvalue weighted by Crippen LogP contribution is -2.32. The van der Waals surface area contributed by atoms with Crippen molar-refractivity contribution in [2.45, 2.75) is 32.7 Å². The zero-order valence-corrected chi connectivity index (χ0v) is 22.7. The number of nitrogens with two attached hydrogens (primary N) is 1. The van der Waals surface area contributed by atoms with Crippen molar-refractivity contribution in [2.24, 2.45) is 0 Å². The molecule has 1 aliphatic heterocycles. The minimum Gasteiger partial charge on any atom is -0.464 e. The number of aromatic nitrogens is 6. The summed E-state index contributed by atoms with van der Waals surface area (Å²) in [5.74, 6) is 1.11. The van der Waals surface area contributed by atoms with Crippen molar-refractivity contribution in [3.8, 4) is 28.9 Å². The summed E-state index contributed by atoms with van der Waals surface area (Å²) in [4.78, 5) is 38.8. The largest absolute Gasteiger partial charge is 0.464 e. The first kappa shape index (κ1) is 25.9. The second kappa shape index (κ2) is 10.7. The number of aryl methyl sites for hydroxylation is 1. The van der Waals surface area contributed by atoms with Crippen LogP contribution >= 0.6 is 0 Å². The predicted octanol–water partition coefficient (Wildman–Crippen LogP) is 4.14. The molecule has 0 saturated carbocycles. The van der Waals surface area contributed by atoms with Gasteiger partial charge in [-0.15, -0.1) is 0 Å². The van der Waals surface area contributed by atoms with Gasteiger partial charge in [0.1, 0.15) is 17.5 Å². The Labute approximate surface area is 235 Å². The van der Waals surface area contributed by atoms with Gasteiger partial charge in [-0.1, -0.05) is 30.3 Å². The van der Waals surface area contributed by atoms with Gasteiger partial charge in [0.05, 0.1) is 34.9 Å². The molecule has 1 fully saturated rings. The Morgan fingerprint density at radius 1 is 1.07 bits per heavy atom. The topological polar surface area (TPSA) is 149 Å². The third-order valence-corrected chi connectivity index (χ3v) is 7.17. The molecule has 5 aromatic rings. The highest BCUT2D eigenvalue weighted by Gasteiger charge is 2.34. The molecule has 1 unspecified atom stereocenters. The predicted molar refractivity (Wildman–Crippen MR) is 155 cm³/mol. The minimum absolute atomic E-state index is 0.0938. The molecule has 1 saturated heterocycles. The van der Waals surface area contributed by atoms with Crippen LogP contribution in [0.3, 0.4) is 0 Å². The first-order valence-corrected chi connectivity index (χ1v) is 13.4. The molecule has 0 bridgehead atoms. The van der Waals surface area contributed by atoms with Crippen molar-refractivity contribution in [2.75, 3.05) is 23.8 Å². The van der Waals surface area contributed by atoms with Crippen LogP contribution in [0.5, 0.6) is 6.01 Å². The van der Waals surface area contributed by atoms with E-state index in [1.807, 2.05) is 60.4 Å². The molecule has 0 amide bonds. The summed E-state index contributed by atoms with van der Waals surface area (Å²) in [5, 5.41) is 10.4. The van der Waals surface area contributed by atoms with E-state index in [1.54, 1.807) is 23.9 Å². The first-order valence-electron chi connectivity index (χ1n) is 13.4. The van der Waals surface area contributed by atoms with E-state index in [2.05, 4.69) is 26.0 Å². The number of nitrogens with zero attached hydrogens (tertiary/aromatic N) is 8. The highest BCUT2D eigenvalue weighted by molar-refractivity contribution is 5.94. The number of para-hydroxylation sites is 1. The SMILES string of the molecule is CCOc1ncc(-c2cccc3nc(C4CCCN4c4nc(N)nc(C)c4C#N)n(-c4ccccc4)c(=O)c23)cn1. The van der Waals surface area contributed by atoms with Gasteiger partial charge >= 0.3 is 6.01 Å². The van der Waals surface area contributed by atoms with E-state index in [9.17, 15) is 10.1 Å². The van der Waals surface area contributed by atoms with E-state index in [0.717, 1.165) is 6.42 Å². The summed E-state index contributed by atoms with van der Waals surface area (Å²) in [7, 11) is 0. The summed E-state index contributed by atoms with van der Waals surface area (Å²) < 4.78 is 7.05. The summed E-state index contributed by atoms with van der Waals surface area (Å²) in [5.41, 5.74) is 9.25. The van der Waals surface area contributed by atoms with Gasteiger partial charge in [-0.3, -0.25) is 9.36 Å². The molecule has 0 aliphatic carbocycles. The number of ether oxygens (including phenoxy) is 1. The van der Waals surface area contributed by atoms with Crippen molar-refractivity contribution in [3.05, 3.63) is 88.4 Å². The van der Waals surface area contributed by atoms with Crippen LogP contribution in [0.1, 0.15) is 42.9 Å². The summed E-state index contributed by atoms with van der Waals surface area (Å²) in [6.45, 7) is 4.69. The maximum Gasteiger partial charge on any atom is 0.316 e. The quantitative estimate of drug-likeness (QED) is 0.330. The second-order valence-electron chi connectivity index (χ2n) is 9.66. The summed E-state index contributed by atoms with van der Waals surface area (Å²) in [6, 6.07) is 17.2. The Hall–Kier alpha value is -5.37. The van der Waals surface area contributed by atoms with Gasteiger partial charge in [0, 0.05) is 24.5 Å². The molecule has 0 spiro atoms. The van der Waals surface area contributed by atoms with Gasteiger partial charge in [0.15, 0.2) is 5.82 Å². The van der Waals surface area contributed by atoms with Crippen molar-refractivity contribution >= 4 is 22.7 Å². The summed E-state index contributed by atoms with van der Waals surface area (Å²) in [6.07, 6.45) is 4.84. The molecule has 41 heavy (non-hydrogen) atoms. The molecule has 0 radical (unpaired) electrons. The summed E-state index contributed by atoms with van der Waals surface area (Å²) >= 11 is 0. The van der Waals surface area contributed by atoms with Crippen molar-refractivity contribution in [3.63, 3.8) is 0 Å². The van der Waals surface area contributed by atoms with E-state index in [0.29, 0.717) is 70.2 Å². The standard InChI is InChI=1S/C30H27N9O2/c1-3-41-30-33-16-19(17-34-30)21-11-7-12-23-25(21)28(40)39(20-9-5-4-6-10-20)27(36-23)24-13-8-14-38(24)26-22(15-31)18(2)35-29(32)37-26/h4-7,9-12,16-17,24H,3,8,13-14H2,1-2H3,(H2,32,35,37). The lowest BCUT2D eigenvalue weighted by molar-refractivity contribution is 0.312. The molecule has 6 rings (SSSR count). The highest BCUT2D eigenvalue weighted by Crippen LogP contribution is 2.38. The van der Waals surface area contributed by atoms with Gasteiger partial charge in [-0.2, -0.15) is 10.2 Å². The van der Waals surface area contributed by atoms with Gasteiger partial charge in [0.25, 0.3) is 5.56 Å². The van der Waals surface area contributed by atoms with Crippen LogP contribution in [-0.4, -0.2) is 42.6 Å². The van der Waals surface area contributed by atoms with Crippen LogP contribution in [-0.2, 0) is 0 Å². The molecule has 2 aromatic carbocycles. The van der Waals surface area contributed by atoms with E-state index >= 15 is 0 Å². The number of hydrogen-bond acceptors (Lipinski definition) is 10. The normalized spacial score (nSPS) is 14.8. The fourth-order valence-electron chi connectivity index (χ4n) is 5.40. The number of nitrogen functional groups attached to an aromatic ring is 1. The fraction of sp³-hybridized carbons (Fsp3) is 0.233. The average Bonchev–Trinajstić information content (AvgIpc) is 3.47. The Bertz CT molecular complexity index is 1850. The molecule has 11 heteroatoms. The number of benzene rings is 2. The van der Waals surface area contributed by atoms with Gasteiger partial charge < -0.3 is 15.4 Å². The lowest BCUT2D eigenvalue weighted by atomic mass is 10.0. The van der Waals surface area contributed by atoms with Crippen molar-refractivity contribution in [1.82, 2.24) is 29.5 Å². The van der Waals surface area contributed by atoms with Crippen LogP contribution in [0.25, 0.3) is 27.7 Å². The first-order chi connectivity index (χ1) is 20.0. The Morgan fingerprint density at radius 2 is 1.85 bits per heavy atom. The molecule has 1 atom stereocenters. The fourth-order valence-corrected chi connectivity index (χ4v) is 5.40. The lowest BCUT2D eigenvalue weighted by Gasteiger charge is -2.28. The minimum atomic E-state index is -0.328. The van der Waals surface area contributed by atoms with Gasteiger partial charge in [0.2, 0.25) is 5.95 Å². The van der Waals surface area contributed by atoms with Crippen LogP contribution in [0.2, 0.25) is 0 Å². The van der Waals surface area contributed by atoms with Crippen molar-refractivity contribution in [1.29, 1.82) is 5.26 Å². The number of fused-ring (bicyclic) bond motifs is 1. The number of anilines is 2.